The van der Waals surface area contributed by atoms with E-state index in [9.17, 15) is 4.79 Å². The van der Waals surface area contributed by atoms with E-state index in [2.05, 4.69) is 25.5 Å². The fraction of sp³-hybridized carbons (Fsp3) is 0.150. The Hall–Kier alpha value is -3.52. The van der Waals surface area contributed by atoms with Crippen LogP contribution in [0.15, 0.2) is 65.7 Å². The Morgan fingerprint density at radius 2 is 1.93 bits per heavy atom. The molecule has 0 aliphatic heterocycles. The zero-order valence-corrected chi connectivity index (χ0v) is 16.2. The van der Waals surface area contributed by atoms with Crippen LogP contribution in [0, 0.1) is 0 Å². The third-order valence-corrected chi connectivity index (χ3v) is 4.55. The Kier molecular flexibility index (Phi) is 5.35. The number of hydrogen-bond donors (Lipinski definition) is 1. The van der Waals surface area contributed by atoms with Crippen molar-refractivity contribution in [3.8, 4) is 5.69 Å². The van der Waals surface area contributed by atoms with Crippen molar-refractivity contribution in [1.82, 2.24) is 30.3 Å². The number of pyridine rings is 1. The highest BCUT2D eigenvalue weighted by atomic mass is 35.5. The second kappa shape index (κ2) is 8.24. The predicted molar refractivity (Wildman–Crippen MR) is 106 cm³/mol. The second-order valence-corrected chi connectivity index (χ2v) is 6.81. The Morgan fingerprint density at radius 3 is 2.62 bits per heavy atom. The first-order chi connectivity index (χ1) is 14.1. The lowest BCUT2D eigenvalue weighted by molar-refractivity contribution is 0.0935. The molecule has 1 N–H and O–H groups in total. The molecule has 0 saturated heterocycles. The summed E-state index contributed by atoms with van der Waals surface area (Å²) >= 11 is 5.90. The molecule has 4 aromatic rings. The van der Waals surface area contributed by atoms with Crippen LogP contribution >= 0.6 is 11.6 Å². The molecule has 0 aliphatic rings. The molecule has 0 bridgehead atoms. The first-order valence-electron chi connectivity index (χ1n) is 8.91. The topological polar surface area (TPSA) is 98.7 Å². The van der Waals surface area contributed by atoms with E-state index in [1.54, 1.807) is 30.7 Å². The van der Waals surface area contributed by atoms with E-state index in [0.29, 0.717) is 17.3 Å². The largest absolute Gasteiger partial charge is 0.448 e. The minimum Gasteiger partial charge on any atom is -0.448 e. The van der Waals surface area contributed by atoms with Crippen LogP contribution in [0.5, 0.6) is 0 Å². The summed E-state index contributed by atoms with van der Waals surface area (Å²) in [6.45, 7) is 1.89. The third-order valence-electron chi connectivity index (χ3n) is 4.29. The van der Waals surface area contributed by atoms with Gasteiger partial charge in [-0.3, -0.25) is 9.78 Å². The van der Waals surface area contributed by atoms with Crippen molar-refractivity contribution in [2.45, 2.75) is 19.4 Å². The normalized spacial score (nSPS) is 11.9. The molecular formula is C20H17ClN6O2. The van der Waals surface area contributed by atoms with Crippen LogP contribution in [0.25, 0.3) is 5.69 Å². The third kappa shape index (κ3) is 4.49. The van der Waals surface area contributed by atoms with Crippen molar-refractivity contribution >= 4 is 17.5 Å². The SMILES string of the molecule is CC(NC(=O)c1coc(Cc2ccc(-n3nccn3)cn2)n1)c1ccc(Cl)cc1. The molecule has 0 saturated carbocycles. The number of aromatic nitrogens is 5. The minimum atomic E-state index is -0.310. The van der Waals surface area contributed by atoms with E-state index in [4.69, 9.17) is 16.0 Å². The van der Waals surface area contributed by atoms with Gasteiger partial charge in [0.2, 0.25) is 5.89 Å². The van der Waals surface area contributed by atoms with Crippen molar-refractivity contribution < 1.29 is 9.21 Å². The van der Waals surface area contributed by atoms with Crippen LogP contribution in [0.3, 0.4) is 0 Å². The summed E-state index contributed by atoms with van der Waals surface area (Å²) in [6.07, 6.45) is 6.58. The van der Waals surface area contributed by atoms with E-state index in [1.165, 1.54) is 11.1 Å². The smallest absolute Gasteiger partial charge is 0.273 e. The molecule has 1 aromatic carbocycles. The standard InChI is InChI=1S/C20H17ClN6O2/c1-13(14-2-4-15(21)5-3-14)25-20(28)18-12-29-19(26-18)10-16-6-7-17(11-22-16)27-23-8-9-24-27/h2-9,11-13H,10H2,1H3,(H,25,28). The lowest BCUT2D eigenvalue weighted by Crippen LogP contribution is -2.26. The first kappa shape index (κ1) is 18.8. The zero-order chi connectivity index (χ0) is 20.2. The summed E-state index contributed by atoms with van der Waals surface area (Å²) in [5.41, 5.74) is 2.67. The van der Waals surface area contributed by atoms with Crippen LogP contribution in [-0.2, 0) is 6.42 Å². The summed E-state index contributed by atoms with van der Waals surface area (Å²) < 4.78 is 5.44. The molecule has 0 aliphatic carbocycles. The van der Waals surface area contributed by atoms with Crippen molar-refractivity contribution in [3.63, 3.8) is 0 Å². The van der Waals surface area contributed by atoms with Crippen LogP contribution in [0.2, 0.25) is 5.02 Å². The summed E-state index contributed by atoms with van der Waals surface area (Å²) in [7, 11) is 0. The minimum absolute atomic E-state index is 0.190. The molecule has 3 aromatic heterocycles. The van der Waals surface area contributed by atoms with Gasteiger partial charge in [-0.15, -0.1) is 0 Å². The summed E-state index contributed by atoms with van der Waals surface area (Å²) in [4.78, 5) is 22.6. The van der Waals surface area contributed by atoms with Crippen molar-refractivity contribution in [2.75, 3.05) is 0 Å². The summed E-state index contributed by atoms with van der Waals surface area (Å²) in [6, 6.07) is 10.8. The monoisotopic (exact) mass is 408 g/mol. The second-order valence-electron chi connectivity index (χ2n) is 6.38. The molecule has 1 unspecified atom stereocenters. The number of nitrogens with zero attached hydrogens (tertiary/aromatic N) is 5. The molecule has 1 amide bonds. The molecule has 0 radical (unpaired) electrons. The van der Waals surface area contributed by atoms with Gasteiger partial charge in [0.15, 0.2) is 5.69 Å². The average molecular weight is 409 g/mol. The first-order valence-corrected chi connectivity index (χ1v) is 9.28. The molecule has 4 rings (SSSR count). The maximum atomic E-state index is 12.4. The average Bonchev–Trinajstić information content (AvgIpc) is 3.41. The molecular weight excluding hydrogens is 392 g/mol. The van der Waals surface area contributed by atoms with Gasteiger partial charge in [-0.05, 0) is 36.8 Å². The maximum absolute atomic E-state index is 12.4. The van der Waals surface area contributed by atoms with Gasteiger partial charge in [-0.1, -0.05) is 23.7 Å². The molecule has 29 heavy (non-hydrogen) atoms. The lowest BCUT2D eigenvalue weighted by atomic mass is 10.1. The van der Waals surface area contributed by atoms with Crippen LogP contribution < -0.4 is 5.32 Å². The molecule has 146 valence electrons. The summed E-state index contributed by atoms with van der Waals surface area (Å²) in [5, 5.41) is 11.7. The molecule has 8 nitrogen and oxygen atoms in total. The Bertz CT molecular complexity index is 1090. The molecule has 9 heteroatoms. The number of oxazole rings is 1. The van der Waals surface area contributed by atoms with Gasteiger partial charge < -0.3 is 9.73 Å². The number of hydrogen-bond acceptors (Lipinski definition) is 6. The van der Waals surface area contributed by atoms with Gasteiger partial charge in [0.1, 0.15) is 12.0 Å². The van der Waals surface area contributed by atoms with Crippen LogP contribution in [0.4, 0.5) is 0 Å². The van der Waals surface area contributed by atoms with Crippen molar-refractivity contribution in [3.05, 3.63) is 89.1 Å². The van der Waals surface area contributed by atoms with E-state index in [0.717, 1.165) is 16.9 Å². The van der Waals surface area contributed by atoms with Gasteiger partial charge in [-0.25, -0.2) is 4.98 Å². The highest BCUT2D eigenvalue weighted by molar-refractivity contribution is 6.30. The highest BCUT2D eigenvalue weighted by Crippen LogP contribution is 2.17. The Balaban J connectivity index is 1.38. The number of carbonyl (C=O) groups is 1. The van der Waals surface area contributed by atoms with Crippen molar-refractivity contribution in [1.29, 1.82) is 0 Å². The van der Waals surface area contributed by atoms with Gasteiger partial charge in [0, 0.05) is 10.7 Å². The number of carbonyl (C=O) groups excluding carboxylic acids is 1. The van der Waals surface area contributed by atoms with E-state index in [-0.39, 0.29) is 17.6 Å². The van der Waals surface area contributed by atoms with E-state index >= 15 is 0 Å². The number of benzene rings is 1. The fourth-order valence-corrected chi connectivity index (χ4v) is 2.87. The lowest BCUT2D eigenvalue weighted by Gasteiger charge is -2.13. The van der Waals surface area contributed by atoms with E-state index < -0.39 is 0 Å². The van der Waals surface area contributed by atoms with Gasteiger partial charge in [-0.2, -0.15) is 15.0 Å². The Labute approximate surface area is 171 Å². The molecule has 3 heterocycles. The molecule has 0 spiro atoms. The van der Waals surface area contributed by atoms with E-state index in [1.807, 2.05) is 31.2 Å². The van der Waals surface area contributed by atoms with Crippen LogP contribution in [-0.4, -0.2) is 30.9 Å². The fourth-order valence-electron chi connectivity index (χ4n) is 2.75. The predicted octanol–water partition coefficient (Wildman–Crippen LogP) is 3.39. The van der Waals surface area contributed by atoms with Gasteiger partial charge in [0.05, 0.1) is 31.1 Å². The van der Waals surface area contributed by atoms with Gasteiger partial charge >= 0.3 is 0 Å². The van der Waals surface area contributed by atoms with Gasteiger partial charge in [0.25, 0.3) is 5.91 Å². The molecule has 1 atom stereocenters. The molecule has 0 fully saturated rings. The quantitative estimate of drug-likeness (QED) is 0.525. The zero-order valence-electron chi connectivity index (χ0n) is 15.5. The number of amides is 1. The summed E-state index contributed by atoms with van der Waals surface area (Å²) in [5.74, 6) is 0.0993. The maximum Gasteiger partial charge on any atom is 0.273 e. The van der Waals surface area contributed by atoms with Crippen LogP contribution in [0.1, 0.15) is 40.6 Å². The Morgan fingerprint density at radius 1 is 1.17 bits per heavy atom. The number of rotatable bonds is 6. The number of nitrogens with one attached hydrogen (secondary N) is 1. The number of halogens is 1. The highest BCUT2D eigenvalue weighted by Gasteiger charge is 2.16. The van der Waals surface area contributed by atoms with Crippen molar-refractivity contribution in [2.24, 2.45) is 0 Å².